The minimum atomic E-state index is -0.960. The lowest BCUT2D eigenvalue weighted by Crippen LogP contribution is -2.52. The minimum absolute atomic E-state index is 0. The molecule has 4 aromatic rings. The molecule has 0 unspecified atom stereocenters. The van der Waals surface area contributed by atoms with Gasteiger partial charge in [0.2, 0.25) is 11.8 Å². The molecule has 0 bridgehead atoms. The number of pyridine rings is 1. The number of amides is 3. The van der Waals surface area contributed by atoms with Crippen LogP contribution in [0.15, 0.2) is 59.4 Å². The van der Waals surface area contributed by atoms with Crippen molar-refractivity contribution in [3.63, 3.8) is 0 Å². The molecule has 0 saturated heterocycles. The molecule has 2 aliphatic rings. The van der Waals surface area contributed by atoms with Crippen LogP contribution in [0.25, 0.3) is 22.2 Å². The van der Waals surface area contributed by atoms with E-state index in [9.17, 15) is 19.2 Å². The zero-order chi connectivity index (χ0) is 36.2. The molecule has 3 amide bonds. The van der Waals surface area contributed by atoms with Gasteiger partial charge in [-0.3, -0.25) is 19.3 Å². The summed E-state index contributed by atoms with van der Waals surface area (Å²) < 4.78 is 0. The molecule has 52 heavy (non-hydrogen) atoms. The van der Waals surface area contributed by atoms with E-state index >= 15 is 0 Å². The predicted molar refractivity (Wildman–Crippen MR) is 206 cm³/mol. The third kappa shape index (κ3) is 8.74. The van der Waals surface area contributed by atoms with E-state index in [-0.39, 0.29) is 48.3 Å². The van der Waals surface area contributed by atoms with Gasteiger partial charge in [-0.15, -0.1) is 12.4 Å². The summed E-state index contributed by atoms with van der Waals surface area (Å²) in [6.07, 6.45) is 7.33. The van der Waals surface area contributed by atoms with Crippen LogP contribution in [0.2, 0.25) is 0 Å². The SMILES string of the molecule is Cc1nc(C(=O)NC2CCC(N(C)C)CC2)ccc1-c1ccc(C[C@@H](C(N)=O)N(C(=O)C2CCC(CN)CC2)c2ccc3[nH]c(=O)[nH]c3c2)cc1.Cl. The van der Waals surface area contributed by atoms with Crippen molar-refractivity contribution in [2.45, 2.75) is 82.8 Å². The summed E-state index contributed by atoms with van der Waals surface area (Å²) in [6, 6.07) is 16.4. The summed E-state index contributed by atoms with van der Waals surface area (Å²) in [6.45, 7) is 2.49. The number of aromatic amines is 2. The van der Waals surface area contributed by atoms with Crippen LogP contribution in [0.1, 0.15) is 73.1 Å². The number of aryl methyl sites for hydroxylation is 1. The second kappa shape index (κ2) is 16.9. The van der Waals surface area contributed by atoms with E-state index in [1.807, 2.05) is 37.3 Å². The van der Waals surface area contributed by atoms with Gasteiger partial charge in [0.15, 0.2) is 0 Å². The first-order chi connectivity index (χ1) is 24.5. The van der Waals surface area contributed by atoms with Crippen LogP contribution in [0.4, 0.5) is 5.69 Å². The van der Waals surface area contributed by atoms with E-state index in [1.54, 1.807) is 24.3 Å². The highest BCUT2D eigenvalue weighted by Gasteiger charge is 2.36. The number of carbonyl (C=O) groups excluding carboxylic acids is 3. The van der Waals surface area contributed by atoms with Crippen LogP contribution >= 0.6 is 12.4 Å². The minimum Gasteiger partial charge on any atom is -0.368 e. The molecule has 13 heteroatoms. The third-order valence-corrected chi connectivity index (χ3v) is 11.0. The van der Waals surface area contributed by atoms with Gasteiger partial charge in [-0.2, -0.15) is 0 Å². The Balaban J connectivity index is 0.00000523. The van der Waals surface area contributed by atoms with Crippen molar-refractivity contribution in [1.82, 2.24) is 25.2 Å². The van der Waals surface area contributed by atoms with Crippen molar-refractivity contribution in [2.75, 3.05) is 25.5 Å². The number of imidazole rings is 1. The van der Waals surface area contributed by atoms with Crippen molar-refractivity contribution in [3.05, 3.63) is 82.0 Å². The van der Waals surface area contributed by atoms with Crippen LogP contribution < -0.4 is 27.4 Å². The van der Waals surface area contributed by atoms with E-state index in [1.165, 1.54) is 4.90 Å². The standard InChI is InChI=1S/C39H50N8O4.ClH/c1-23-31(17-19-33(42-23)37(49)43-28-12-14-29(15-13-28)46(2)3)26-8-4-24(5-9-26)20-35(36(41)48)47(38(50)27-10-6-25(22-40)7-11-27)30-16-18-32-34(21-30)45-39(51)44-32;/h4-5,8-9,16-19,21,25,27-29,35H,6-7,10-15,20,22,40H2,1-3H3,(H2,41,48)(H,43,49)(H2,44,45,51);1H/t25?,27?,28?,29?,35-;/m0./s1. The number of fused-ring (bicyclic) bond motifs is 1. The Kier molecular flexibility index (Phi) is 12.6. The van der Waals surface area contributed by atoms with Gasteiger partial charge < -0.3 is 31.7 Å². The monoisotopic (exact) mass is 730 g/mol. The van der Waals surface area contributed by atoms with E-state index in [0.717, 1.165) is 60.9 Å². The molecule has 12 nitrogen and oxygen atoms in total. The first kappa shape index (κ1) is 38.7. The van der Waals surface area contributed by atoms with Crippen molar-refractivity contribution in [2.24, 2.45) is 23.3 Å². The zero-order valence-electron chi connectivity index (χ0n) is 30.2. The topological polar surface area (TPSA) is 183 Å². The number of hydrogen-bond donors (Lipinski definition) is 5. The first-order valence-electron chi connectivity index (χ1n) is 18.1. The lowest BCUT2D eigenvalue weighted by Gasteiger charge is -2.35. The van der Waals surface area contributed by atoms with Crippen LogP contribution in [0, 0.1) is 18.8 Å². The Hall–Kier alpha value is -4.52. The molecule has 2 aromatic carbocycles. The van der Waals surface area contributed by atoms with Gasteiger partial charge in [-0.1, -0.05) is 30.3 Å². The lowest BCUT2D eigenvalue weighted by molar-refractivity contribution is -0.127. The van der Waals surface area contributed by atoms with Crippen molar-refractivity contribution >= 4 is 46.8 Å². The fourth-order valence-corrected chi connectivity index (χ4v) is 7.82. The van der Waals surface area contributed by atoms with Gasteiger partial charge in [0.05, 0.1) is 11.0 Å². The number of primary amides is 1. The predicted octanol–water partition coefficient (Wildman–Crippen LogP) is 4.45. The van der Waals surface area contributed by atoms with Crippen LogP contribution in [-0.2, 0) is 16.0 Å². The van der Waals surface area contributed by atoms with Crippen molar-refractivity contribution in [3.8, 4) is 11.1 Å². The average Bonchev–Trinajstić information content (AvgIpc) is 3.51. The summed E-state index contributed by atoms with van der Waals surface area (Å²) in [4.78, 5) is 66.4. The van der Waals surface area contributed by atoms with Gasteiger partial charge >= 0.3 is 5.69 Å². The van der Waals surface area contributed by atoms with E-state index in [0.29, 0.717) is 53.8 Å². The molecule has 1 atom stereocenters. The number of benzene rings is 2. The normalized spacial score (nSPS) is 20.9. The summed E-state index contributed by atoms with van der Waals surface area (Å²) >= 11 is 0. The number of rotatable bonds is 11. The smallest absolute Gasteiger partial charge is 0.323 e. The summed E-state index contributed by atoms with van der Waals surface area (Å²) in [7, 11) is 4.21. The highest BCUT2D eigenvalue weighted by molar-refractivity contribution is 6.02. The van der Waals surface area contributed by atoms with Gasteiger partial charge in [-0.05, 0) is 120 Å². The van der Waals surface area contributed by atoms with Crippen LogP contribution in [0.3, 0.4) is 0 Å². The maximum absolute atomic E-state index is 14.2. The largest absolute Gasteiger partial charge is 0.368 e. The number of H-pyrrole nitrogens is 2. The fourth-order valence-electron chi connectivity index (χ4n) is 7.82. The molecule has 0 radical (unpaired) electrons. The lowest BCUT2D eigenvalue weighted by atomic mass is 9.81. The fraction of sp³-hybridized carbons (Fsp3) is 0.462. The summed E-state index contributed by atoms with van der Waals surface area (Å²) in [5.41, 5.74) is 17.0. The summed E-state index contributed by atoms with van der Waals surface area (Å²) in [5.74, 6) is -0.809. The number of halogens is 1. The molecule has 2 aromatic heterocycles. The Morgan fingerprint density at radius 1 is 0.904 bits per heavy atom. The van der Waals surface area contributed by atoms with E-state index in [4.69, 9.17) is 11.5 Å². The Morgan fingerprint density at radius 3 is 2.19 bits per heavy atom. The number of anilines is 1. The number of nitrogens with two attached hydrogens (primary N) is 2. The highest BCUT2D eigenvalue weighted by Crippen LogP contribution is 2.33. The molecule has 0 aliphatic heterocycles. The molecule has 6 rings (SSSR count). The van der Waals surface area contributed by atoms with Crippen LogP contribution in [0.5, 0.6) is 0 Å². The number of carbonyl (C=O) groups is 3. The molecule has 2 saturated carbocycles. The molecule has 2 fully saturated rings. The molecule has 278 valence electrons. The van der Waals surface area contributed by atoms with Gasteiger partial charge in [-0.25, -0.2) is 9.78 Å². The van der Waals surface area contributed by atoms with E-state index in [2.05, 4.69) is 39.3 Å². The molecule has 0 spiro atoms. The zero-order valence-corrected chi connectivity index (χ0v) is 31.0. The second-order valence-electron chi connectivity index (χ2n) is 14.6. The number of aromatic nitrogens is 3. The van der Waals surface area contributed by atoms with Gasteiger partial charge in [0.1, 0.15) is 11.7 Å². The third-order valence-electron chi connectivity index (χ3n) is 11.0. The van der Waals surface area contributed by atoms with Gasteiger partial charge in [0, 0.05) is 41.4 Å². The Morgan fingerprint density at radius 2 is 1.58 bits per heavy atom. The maximum Gasteiger partial charge on any atom is 0.323 e. The molecular formula is C39H51ClN8O4. The molecule has 7 N–H and O–H groups in total. The molecule has 2 heterocycles. The molecule has 2 aliphatic carbocycles. The maximum atomic E-state index is 14.2. The quantitative estimate of drug-likeness (QED) is 0.151. The summed E-state index contributed by atoms with van der Waals surface area (Å²) in [5, 5.41) is 3.17. The Bertz CT molecular complexity index is 1920. The average molecular weight is 731 g/mol. The number of hydrogen-bond acceptors (Lipinski definition) is 7. The Labute approximate surface area is 310 Å². The van der Waals surface area contributed by atoms with Gasteiger partial charge in [0.25, 0.3) is 5.91 Å². The first-order valence-corrected chi connectivity index (χ1v) is 18.1. The van der Waals surface area contributed by atoms with Crippen molar-refractivity contribution < 1.29 is 14.4 Å². The number of nitrogens with one attached hydrogen (secondary N) is 3. The highest BCUT2D eigenvalue weighted by atomic mass is 35.5. The van der Waals surface area contributed by atoms with Crippen molar-refractivity contribution in [1.29, 1.82) is 0 Å². The van der Waals surface area contributed by atoms with E-state index < -0.39 is 11.9 Å². The van der Waals surface area contributed by atoms with Crippen LogP contribution in [-0.4, -0.2) is 76.3 Å². The second-order valence-corrected chi connectivity index (χ2v) is 14.6. The number of nitrogens with zero attached hydrogens (tertiary/aromatic N) is 3. The molecular weight excluding hydrogens is 680 g/mol.